The minimum atomic E-state index is -0.652. The minimum Gasteiger partial charge on any atom is -0.322 e. The highest BCUT2D eigenvalue weighted by molar-refractivity contribution is 6.07. The predicted molar refractivity (Wildman–Crippen MR) is 72.2 cm³/mol. The molecule has 0 saturated heterocycles. The van der Waals surface area contributed by atoms with E-state index in [9.17, 15) is 19.3 Å². The topological polar surface area (TPSA) is 72.2 Å². The Morgan fingerprint density at radius 2 is 1.95 bits per heavy atom. The van der Waals surface area contributed by atoms with Gasteiger partial charge in [0, 0.05) is 11.8 Å². The molecule has 5 nitrogen and oxygen atoms in total. The molecule has 0 radical (unpaired) electrons. The highest BCUT2D eigenvalue weighted by Gasteiger charge is 2.19. The molecule has 2 aromatic carbocycles. The van der Waals surface area contributed by atoms with Gasteiger partial charge in [-0.05, 0) is 30.7 Å². The molecule has 0 unspecified atom stereocenters. The zero-order chi connectivity index (χ0) is 14.7. The van der Waals surface area contributed by atoms with Crippen molar-refractivity contribution in [2.75, 3.05) is 5.32 Å². The molecule has 2 aromatic rings. The molecule has 20 heavy (non-hydrogen) atoms. The lowest BCUT2D eigenvalue weighted by atomic mass is 10.1. The number of carbonyl (C=O) groups excluding carboxylic acids is 1. The highest BCUT2D eigenvalue weighted by Crippen LogP contribution is 2.20. The largest absolute Gasteiger partial charge is 0.322 e. The van der Waals surface area contributed by atoms with Gasteiger partial charge in [0.2, 0.25) is 0 Å². The van der Waals surface area contributed by atoms with Gasteiger partial charge in [-0.15, -0.1) is 0 Å². The van der Waals surface area contributed by atoms with Crippen LogP contribution in [0.2, 0.25) is 0 Å². The van der Waals surface area contributed by atoms with Crippen LogP contribution < -0.4 is 5.32 Å². The minimum absolute atomic E-state index is 0.0708. The lowest BCUT2D eigenvalue weighted by molar-refractivity contribution is -0.385. The Morgan fingerprint density at radius 3 is 2.60 bits per heavy atom. The maximum Gasteiger partial charge on any atom is 0.282 e. The zero-order valence-electron chi connectivity index (χ0n) is 10.6. The van der Waals surface area contributed by atoms with E-state index in [4.69, 9.17) is 0 Å². The smallest absolute Gasteiger partial charge is 0.282 e. The molecule has 0 heterocycles. The zero-order valence-corrected chi connectivity index (χ0v) is 10.6. The van der Waals surface area contributed by atoms with Crippen LogP contribution >= 0.6 is 0 Å². The van der Waals surface area contributed by atoms with Crippen molar-refractivity contribution in [2.45, 2.75) is 6.92 Å². The fraction of sp³-hybridized carbons (Fsp3) is 0.0714. The third-order valence-electron chi connectivity index (χ3n) is 2.78. The Kier molecular flexibility index (Phi) is 3.74. The Bertz CT molecular complexity index is 686. The Labute approximate surface area is 114 Å². The number of rotatable bonds is 3. The summed E-state index contributed by atoms with van der Waals surface area (Å²) in [5.41, 5.74) is 0.334. The first-order valence-corrected chi connectivity index (χ1v) is 5.80. The van der Waals surface area contributed by atoms with Crippen molar-refractivity contribution >= 4 is 17.3 Å². The van der Waals surface area contributed by atoms with E-state index in [0.29, 0.717) is 5.56 Å². The number of hydrogen-bond acceptors (Lipinski definition) is 3. The molecule has 0 bridgehead atoms. The van der Waals surface area contributed by atoms with E-state index >= 15 is 0 Å². The standard InChI is InChI=1S/C14H11FN2O3/c1-9-6-7-10(8-12(9)15)16-14(18)11-4-2-3-5-13(11)17(19)20/h2-8H,1H3,(H,16,18). The second-order valence-electron chi connectivity index (χ2n) is 4.19. The molecule has 1 amide bonds. The van der Waals surface area contributed by atoms with E-state index < -0.39 is 16.6 Å². The van der Waals surface area contributed by atoms with Gasteiger partial charge in [0.25, 0.3) is 11.6 Å². The van der Waals surface area contributed by atoms with E-state index in [-0.39, 0.29) is 16.9 Å². The van der Waals surface area contributed by atoms with Crippen molar-refractivity contribution < 1.29 is 14.1 Å². The third kappa shape index (κ3) is 2.80. The van der Waals surface area contributed by atoms with Gasteiger partial charge in [-0.2, -0.15) is 0 Å². The monoisotopic (exact) mass is 274 g/mol. The molecule has 102 valence electrons. The lowest BCUT2D eigenvalue weighted by Gasteiger charge is -2.06. The Morgan fingerprint density at radius 1 is 1.25 bits per heavy atom. The number of nitrogens with zero attached hydrogens (tertiary/aromatic N) is 1. The number of nitro groups is 1. The number of benzene rings is 2. The summed E-state index contributed by atoms with van der Waals surface area (Å²) in [7, 11) is 0. The molecular formula is C14H11FN2O3. The van der Waals surface area contributed by atoms with Crippen molar-refractivity contribution in [2.24, 2.45) is 0 Å². The highest BCUT2D eigenvalue weighted by atomic mass is 19.1. The molecule has 0 aliphatic rings. The summed E-state index contributed by atoms with van der Waals surface area (Å²) in [4.78, 5) is 22.2. The van der Waals surface area contributed by atoms with Crippen LogP contribution in [0, 0.1) is 22.9 Å². The van der Waals surface area contributed by atoms with Crippen molar-refractivity contribution in [3.05, 3.63) is 69.5 Å². The summed E-state index contributed by atoms with van der Waals surface area (Å²) in [5, 5.41) is 13.3. The van der Waals surface area contributed by atoms with Crippen LogP contribution in [-0.2, 0) is 0 Å². The molecule has 6 heteroatoms. The summed E-state index contributed by atoms with van der Waals surface area (Å²) in [6.45, 7) is 1.60. The number of amides is 1. The number of nitro benzene ring substituents is 1. The summed E-state index contributed by atoms with van der Waals surface area (Å²) in [5.74, 6) is -1.11. The molecule has 0 atom stereocenters. The first-order valence-electron chi connectivity index (χ1n) is 5.80. The van der Waals surface area contributed by atoms with Crippen molar-refractivity contribution in [1.29, 1.82) is 0 Å². The van der Waals surface area contributed by atoms with Crippen LogP contribution in [0.3, 0.4) is 0 Å². The number of aryl methyl sites for hydroxylation is 1. The maximum atomic E-state index is 13.4. The predicted octanol–water partition coefficient (Wildman–Crippen LogP) is 3.29. The molecule has 2 rings (SSSR count). The van der Waals surface area contributed by atoms with E-state index in [0.717, 1.165) is 0 Å². The number of nitrogens with one attached hydrogen (secondary N) is 1. The summed E-state index contributed by atoms with van der Waals surface area (Å²) in [6, 6.07) is 9.80. The van der Waals surface area contributed by atoms with Gasteiger partial charge in [0.05, 0.1) is 4.92 Å². The molecule has 1 N–H and O–H groups in total. The van der Waals surface area contributed by atoms with Crippen LogP contribution in [-0.4, -0.2) is 10.8 Å². The summed E-state index contributed by atoms with van der Waals surface area (Å²) >= 11 is 0. The van der Waals surface area contributed by atoms with E-state index in [1.54, 1.807) is 6.92 Å². The van der Waals surface area contributed by atoms with Gasteiger partial charge >= 0.3 is 0 Å². The van der Waals surface area contributed by atoms with Gasteiger partial charge in [-0.3, -0.25) is 14.9 Å². The number of para-hydroxylation sites is 1. The van der Waals surface area contributed by atoms with Gasteiger partial charge < -0.3 is 5.32 Å². The second-order valence-corrected chi connectivity index (χ2v) is 4.19. The fourth-order valence-corrected chi connectivity index (χ4v) is 1.69. The van der Waals surface area contributed by atoms with Gasteiger partial charge in [-0.1, -0.05) is 18.2 Å². The third-order valence-corrected chi connectivity index (χ3v) is 2.78. The molecule has 0 aliphatic heterocycles. The fourth-order valence-electron chi connectivity index (χ4n) is 1.69. The number of anilines is 1. The maximum absolute atomic E-state index is 13.4. The normalized spacial score (nSPS) is 10.1. The van der Waals surface area contributed by atoms with Gasteiger partial charge in [0.1, 0.15) is 11.4 Å². The second kappa shape index (κ2) is 5.48. The Hall–Kier alpha value is -2.76. The average Bonchev–Trinajstić information content (AvgIpc) is 2.43. The van der Waals surface area contributed by atoms with E-state index in [1.165, 1.54) is 42.5 Å². The average molecular weight is 274 g/mol. The lowest BCUT2D eigenvalue weighted by Crippen LogP contribution is -2.14. The number of carbonyl (C=O) groups is 1. The quantitative estimate of drug-likeness (QED) is 0.689. The van der Waals surface area contributed by atoms with Crippen LogP contribution in [0.15, 0.2) is 42.5 Å². The van der Waals surface area contributed by atoms with Crippen molar-refractivity contribution in [3.8, 4) is 0 Å². The van der Waals surface area contributed by atoms with E-state index in [1.807, 2.05) is 0 Å². The van der Waals surface area contributed by atoms with Crippen LogP contribution in [0.4, 0.5) is 15.8 Å². The Balaban J connectivity index is 2.28. The SMILES string of the molecule is Cc1ccc(NC(=O)c2ccccc2[N+](=O)[O-])cc1F. The van der Waals surface area contributed by atoms with Gasteiger partial charge in [0.15, 0.2) is 0 Å². The summed E-state index contributed by atoms with van der Waals surface area (Å²) in [6.07, 6.45) is 0. The van der Waals surface area contributed by atoms with Crippen molar-refractivity contribution in [3.63, 3.8) is 0 Å². The summed E-state index contributed by atoms with van der Waals surface area (Å²) < 4.78 is 13.4. The molecular weight excluding hydrogens is 263 g/mol. The van der Waals surface area contributed by atoms with E-state index in [2.05, 4.69) is 5.32 Å². The van der Waals surface area contributed by atoms with Gasteiger partial charge in [-0.25, -0.2) is 4.39 Å². The van der Waals surface area contributed by atoms with Crippen LogP contribution in [0.1, 0.15) is 15.9 Å². The molecule has 0 saturated carbocycles. The molecule has 0 fully saturated rings. The molecule has 0 spiro atoms. The first-order chi connectivity index (χ1) is 9.49. The molecule has 0 aromatic heterocycles. The van der Waals surface area contributed by atoms with Crippen molar-refractivity contribution in [1.82, 2.24) is 0 Å². The molecule has 0 aliphatic carbocycles. The first kappa shape index (κ1) is 13.7. The number of halogens is 1. The van der Waals surface area contributed by atoms with Crippen LogP contribution in [0.25, 0.3) is 0 Å². The number of hydrogen-bond donors (Lipinski definition) is 1. The van der Waals surface area contributed by atoms with Crippen LogP contribution in [0.5, 0.6) is 0 Å².